The highest BCUT2D eigenvalue weighted by molar-refractivity contribution is 5.71. The molecule has 4 aromatic heterocycles. The highest BCUT2D eigenvalue weighted by atomic mass is 19.1. The SMILES string of the molecule is Cc1cc(-n2nc3c(c2-n2ccn(-c4ccn5c(cc(=O)n5C)c4F)c2=O)[C@@H]2CC[C@H](C3)N2C(=O)OC(C)(C)C)cc(C)c1F. The van der Waals surface area contributed by atoms with Crippen molar-refractivity contribution in [1.82, 2.24) is 33.0 Å². The number of aromatic nitrogens is 6. The van der Waals surface area contributed by atoms with Crippen LogP contribution in [0.3, 0.4) is 0 Å². The summed E-state index contributed by atoms with van der Waals surface area (Å²) in [6, 6.07) is 5.39. The zero-order valence-electron chi connectivity index (χ0n) is 25.8. The standard InChI is InChI=1S/C32H33F2N7O4/c1-17-13-20(14-18(2)27(17)33)41-29(26-21(35-41)15-19-7-8-22(26)40(19)31(44)45-32(3,4)5)38-12-11-37(30(38)43)23-9-10-39-24(28(23)34)16-25(42)36(39)6/h9-14,16,19,22H,7-8,15H2,1-6H3/t19-,22+/m1/s1. The fraction of sp³-hybridized carbons (Fsp3) is 0.375. The summed E-state index contributed by atoms with van der Waals surface area (Å²) in [4.78, 5) is 41.6. The van der Waals surface area contributed by atoms with Crippen molar-refractivity contribution >= 4 is 11.6 Å². The Bertz CT molecular complexity index is 2140. The molecule has 234 valence electrons. The summed E-state index contributed by atoms with van der Waals surface area (Å²) in [6.45, 7) is 8.77. The lowest BCUT2D eigenvalue weighted by Crippen LogP contribution is -2.44. The Balaban J connectivity index is 1.44. The Morgan fingerprint density at radius 1 is 0.978 bits per heavy atom. The van der Waals surface area contributed by atoms with Crippen LogP contribution >= 0.6 is 0 Å². The lowest BCUT2D eigenvalue weighted by molar-refractivity contribution is 0.0124. The molecule has 6 heterocycles. The normalized spacial score (nSPS) is 17.7. The van der Waals surface area contributed by atoms with Crippen LogP contribution in [0.2, 0.25) is 0 Å². The van der Waals surface area contributed by atoms with Crippen molar-refractivity contribution in [1.29, 1.82) is 0 Å². The van der Waals surface area contributed by atoms with Gasteiger partial charge in [-0.2, -0.15) is 5.10 Å². The van der Waals surface area contributed by atoms with Crippen LogP contribution in [0, 0.1) is 25.5 Å². The number of hydrogen-bond donors (Lipinski definition) is 0. The van der Waals surface area contributed by atoms with Gasteiger partial charge in [0.2, 0.25) is 0 Å². The molecule has 0 radical (unpaired) electrons. The monoisotopic (exact) mass is 617 g/mol. The van der Waals surface area contributed by atoms with Gasteiger partial charge < -0.3 is 4.74 Å². The second-order valence-electron chi connectivity index (χ2n) is 12.9. The molecule has 0 unspecified atom stereocenters. The minimum Gasteiger partial charge on any atom is -0.444 e. The molecular formula is C32H33F2N7O4. The van der Waals surface area contributed by atoms with Crippen molar-refractivity contribution in [2.24, 2.45) is 7.05 Å². The number of hydrogen-bond acceptors (Lipinski definition) is 5. The molecule has 1 saturated heterocycles. The van der Waals surface area contributed by atoms with Crippen LogP contribution in [0.15, 0.2) is 52.4 Å². The number of carbonyl (C=O) groups is 1. The molecule has 2 aliphatic rings. The third kappa shape index (κ3) is 4.35. The second kappa shape index (κ2) is 9.78. The number of fused-ring (bicyclic) bond motifs is 5. The molecule has 0 N–H and O–H groups in total. The molecule has 0 aliphatic carbocycles. The van der Waals surface area contributed by atoms with E-state index in [2.05, 4.69) is 0 Å². The highest BCUT2D eigenvalue weighted by Gasteiger charge is 2.48. The zero-order valence-corrected chi connectivity index (χ0v) is 25.8. The largest absolute Gasteiger partial charge is 0.444 e. The van der Waals surface area contributed by atoms with Crippen LogP contribution in [0.25, 0.3) is 22.7 Å². The van der Waals surface area contributed by atoms with Gasteiger partial charge in [-0.3, -0.25) is 23.3 Å². The number of aryl methyl sites for hydroxylation is 3. The quantitative estimate of drug-likeness (QED) is 0.293. The molecule has 45 heavy (non-hydrogen) atoms. The minimum absolute atomic E-state index is 0.0318. The maximum atomic E-state index is 15.8. The minimum atomic E-state index is -0.731. The average molecular weight is 618 g/mol. The lowest BCUT2D eigenvalue weighted by atomic mass is 9.99. The lowest BCUT2D eigenvalue weighted by Gasteiger charge is -2.35. The van der Waals surface area contributed by atoms with Crippen molar-refractivity contribution in [3.05, 3.63) is 97.7 Å². The van der Waals surface area contributed by atoms with E-state index in [1.165, 1.54) is 56.1 Å². The molecule has 5 aromatic rings. The number of halogens is 2. The number of rotatable bonds is 3. The molecule has 7 rings (SSSR count). The number of pyridine rings is 1. The smallest absolute Gasteiger partial charge is 0.411 e. The average Bonchev–Trinajstić information content (AvgIpc) is 3.69. The van der Waals surface area contributed by atoms with Crippen molar-refractivity contribution in [2.75, 3.05) is 0 Å². The fourth-order valence-corrected chi connectivity index (χ4v) is 6.74. The van der Waals surface area contributed by atoms with E-state index in [1.54, 1.807) is 35.6 Å². The molecule has 2 bridgehead atoms. The number of ether oxygens (including phenoxy) is 1. The predicted molar refractivity (Wildman–Crippen MR) is 162 cm³/mol. The van der Waals surface area contributed by atoms with E-state index in [0.717, 1.165) is 12.1 Å². The molecule has 13 heteroatoms. The summed E-state index contributed by atoms with van der Waals surface area (Å²) in [5, 5.41) is 4.94. The van der Waals surface area contributed by atoms with Crippen LogP contribution in [0.5, 0.6) is 0 Å². The molecule has 1 fully saturated rings. The van der Waals surface area contributed by atoms with Gasteiger partial charge in [-0.25, -0.2) is 27.7 Å². The third-order valence-electron chi connectivity index (χ3n) is 8.75. The number of carbonyl (C=O) groups excluding carboxylic acids is 1. The first-order valence-electron chi connectivity index (χ1n) is 14.8. The fourth-order valence-electron chi connectivity index (χ4n) is 6.74. The molecule has 1 aromatic carbocycles. The number of imidazole rings is 1. The van der Waals surface area contributed by atoms with Crippen LogP contribution in [-0.4, -0.2) is 50.7 Å². The Morgan fingerprint density at radius 2 is 1.67 bits per heavy atom. The van der Waals surface area contributed by atoms with E-state index in [-0.39, 0.29) is 28.6 Å². The van der Waals surface area contributed by atoms with Gasteiger partial charge in [0.05, 0.1) is 23.1 Å². The zero-order chi connectivity index (χ0) is 32.1. The van der Waals surface area contributed by atoms with Gasteiger partial charge in [-0.1, -0.05) is 0 Å². The molecule has 2 atom stereocenters. The number of nitrogens with zero attached hydrogens (tertiary/aromatic N) is 7. The van der Waals surface area contributed by atoms with Gasteiger partial charge in [0, 0.05) is 49.7 Å². The Labute approximate surface area is 256 Å². The number of benzene rings is 1. The van der Waals surface area contributed by atoms with Crippen molar-refractivity contribution in [2.45, 2.75) is 71.6 Å². The van der Waals surface area contributed by atoms with Gasteiger partial charge >= 0.3 is 11.8 Å². The Morgan fingerprint density at radius 3 is 2.36 bits per heavy atom. The molecule has 2 aliphatic heterocycles. The Kier molecular flexibility index (Phi) is 6.26. The summed E-state index contributed by atoms with van der Waals surface area (Å²) >= 11 is 0. The summed E-state index contributed by atoms with van der Waals surface area (Å²) in [6.07, 6.45) is 5.90. The van der Waals surface area contributed by atoms with Crippen LogP contribution < -0.4 is 11.2 Å². The van der Waals surface area contributed by atoms with E-state index in [0.29, 0.717) is 41.0 Å². The predicted octanol–water partition coefficient (Wildman–Crippen LogP) is 4.66. The van der Waals surface area contributed by atoms with E-state index >= 15 is 4.39 Å². The summed E-state index contributed by atoms with van der Waals surface area (Å²) in [5.74, 6) is -0.679. The molecule has 0 spiro atoms. The topological polar surface area (TPSA) is 101 Å². The van der Waals surface area contributed by atoms with Gasteiger partial charge in [-0.15, -0.1) is 0 Å². The van der Waals surface area contributed by atoms with Crippen molar-refractivity contribution in [3.63, 3.8) is 0 Å². The molecule has 0 saturated carbocycles. The summed E-state index contributed by atoms with van der Waals surface area (Å²) < 4.78 is 43.0. The summed E-state index contributed by atoms with van der Waals surface area (Å²) in [7, 11) is 1.52. The van der Waals surface area contributed by atoms with E-state index in [9.17, 15) is 18.8 Å². The van der Waals surface area contributed by atoms with Crippen LogP contribution in [0.4, 0.5) is 13.6 Å². The maximum Gasteiger partial charge on any atom is 0.411 e. The second-order valence-corrected chi connectivity index (χ2v) is 12.9. The molecule has 11 nitrogen and oxygen atoms in total. The van der Waals surface area contributed by atoms with E-state index in [1.807, 2.05) is 20.8 Å². The first-order chi connectivity index (χ1) is 21.2. The maximum absolute atomic E-state index is 15.8. The van der Waals surface area contributed by atoms with Gasteiger partial charge in [0.25, 0.3) is 5.56 Å². The van der Waals surface area contributed by atoms with Crippen molar-refractivity contribution in [3.8, 4) is 17.2 Å². The first-order valence-corrected chi connectivity index (χ1v) is 14.8. The van der Waals surface area contributed by atoms with E-state index in [4.69, 9.17) is 9.84 Å². The molecule has 1 amide bonds. The summed E-state index contributed by atoms with van der Waals surface area (Å²) in [5.41, 5.74) is 1.13. The van der Waals surface area contributed by atoms with Crippen LogP contribution in [-0.2, 0) is 18.2 Å². The van der Waals surface area contributed by atoms with Crippen molar-refractivity contribution < 1.29 is 18.3 Å². The highest BCUT2D eigenvalue weighted by Crippen LogP contribution is 2.47. The third-order valence-corrected chi connectivity index (χ3v) is 8.75. The first kappa shape index (κ1) is 28.8. The number of amides is 1. The molecular weight excluding hydrogens is 584 g/mol. The van der Waals surface area contributed by atoms with Crippen LogP contribution in [0.1, 0.15) is 62.0 Å². The van der Waals surface area contributed by atoms with Gasteiger partial charge in [0.15, 0.2) is 5.82 Å². The van der Waals surface area contributed by atoms with Gasteiger partial charge in [-0.05, 0) is 76.8 Å². The Hall–Kier alpha value is -4.94. The van der Waals surface area contributed by atoms with E-state index < -0.39 is 29.2 Å². The van der Waals surface area contributed by atoms with Gasteiger partial charge in [0.1, 0.15) is 22.8 Å².